The molecular weight excluding hydrogens is 192 g/mol. The van der Waals surface area contributed by atoms with Crippen LogP contribution in [-0.2, 0) is 11.3 Å². The number of hydrogen-bond acceptors (Lipinski definition) is 2. The van der Waals surface area contributed by atoms with E-state index in [1.165, 1.54) is 10.4 Å². The van der Waals surface area contributed by atoms with Gasteiger partial charge in [0.1, 0.15) is 0 Å². The third kappa shape index (κ3) is 2.97. The second kappa shape index (κ2) is 5.36. The van der Waals surface area contributed by atoms with E-state index >= 15 is 0 Å². The minimum Gasteiger partial charge on any atom is -0.379 e. The number of ether oxygens (including phenoxy) is 1. The van der Waals surface area contributed by atoms with Crippen molar-refractivity contribution in [1.29, 1.82) is 0 Å². The SMILES string of the molecule is COCc1cc(C=CCCl)cs1. The highest BCUT2D eigenvalue weighted by Crippen LogP contribution is 2.16. The summed E-state index contributed by atoms with van der Waals surface area (Å²) < 4.78 is 5.01. The Labute approximate surface area is 81.6 Å². The van der Waals surface area contributed by atoms with E-state index in [1.807, 2.05) is 12.2 Å². The molecule has 0 saturated carbocycles. The summed E-state index contributed by atoms with van der Waals surface area (Å²) in [4.78, 5) is 1.24. The monoisotopic (exact) mass is 202 g/mol. The number of alkyl halides is 1. The van der Waals surface area contributed by atoms with Gasteiger partial charge in [-0.05, 0) is 17.0 Å². The maximum Gasteiger partial charge on any atom is 0.0805 e. The van der Waals surface area contributed by atoms with Crippen molar-refractivity contribution in [3.05, 3.63) is 28.0 Å². The van der Waals surface area contributed by atoms with Gasteiger partial charge in [0.25, 0.3) is 0 Å². The third-order valence-corrected chi connectivity index (χ3v) is 2.47. The van der Waals surface area contributed by atoms with Crippen molar-refractivity contribution in [2.45, 2.75) is 6.61 Å². The van der Waals surface area contributed by atoms with Gasteiger partial charge in [-0.25, -0.2) is 0 Å². The lowest BCUT2D eigenvalue weighted by Gasteiger charge is -1.89. The zero-order chi connectivity index (χ0) is 8.81. The maximum atomic E-state index is 5.51. The smallest absolute Gasteiger partial charge is 0.0805 e. The first-order valence-corrected chi connectivity index (χ1v) is 5.07. The van der Waals surface area contributed by atoms with Crippen molar-refractivity contribution in [3.8, 4) is 0 Å². The van der Waals surface area contributed by atoms with Crippen LogP contribution in [0, 0.1) is 0 Å². The molecule has 0 amide bonds. The fourth-order valence-corrected chi connectivity index (χ4v) is 1.80. The largest absolute Gasteiger partial charge is 0.379 e. The Morgan fingerprint density at radius 3 is 3.17 bits per heavy atom. The van der Waals surface area contributed by atoms with E-state index in [1.54, 1.807) is 18.4 Å². The number of hydrogen-bond donors (Lipinski definition) is 0. The molecule has 66 valence electrons. The molecule has 0 aromatic carbocycles. The maximum absolute atomic E-state index is 5.51. The van der Waals surface area contributed by atoms with Crippen molar-refractivity contribution < 1.29 is 4.74 Å². The Bertz CT molecular complexity index is 255. The molecule has 0 N–H and O–H groups in total. The lowest BCUT2D eigenvalue weighted by Crippen LogP contribution is -1.80. The first-order chi connectivity index (χ1) is 5.86. The summed E-state index contributed by atoms with van der Waals surface area (Å²) in [5.74, 6) is 0.565. The molecule has 0 spiro atoms. The first-order valence-electron chi connectivity index (χ1n) is 3.65. The van der Waals surface area contributed by atoms with Crippen molar-refractivity contribution in [2.75, 3.05) is 13.0 Å². The van der Waals surface area contributed by atoms with Gasteiger partial charge < -0.3 is 4.74 Å². The molecule has 0 bridgehead atoms. The molecule has 0 atom stereocenters. The molecule has 1 aromatic rings. The molecule has 1 nitrogen and oxygen atoms in total. The van der Waals surface area contributed by atoms with E-state index in [0.29, 0.717) is 12.5 Å². The van der Waals surface area contributed by atoms with Crippen LogP contribution in [0.15, 0.2) is 17.5 Å². The van der Waals surface area contributed by atoms with Gasteiger partial charge in [-0.2, -0.15) is 0 Å². The molecule has 1 rings (SSSR count). The third-order valence-electron chi connectivity index (χ3n) is 1.36. The highest BCUT2D eigenvalue weighted by atomic mass is 35.5. The predicted molar refractivity (Wildman–Crippen MR) is 54.8 cm³/mol. The zero-order valence-corrected chi connectivity index (χ0v) is 8.49. The molecule has 12 heavy (non-hydrogen) atoms. The summed E-state index contributed by atoms with van der Waals surface area (Å²) in [5, 5.41) is 2.09. The summed E-state index contributed by atoms with van der Waals surface area (Å²) in [6, 6.07) is 2.11. The summed E-state index contributed by atoms with van der Waals surface area (Å²) in [6.45, 7) is 0.694. The Kier molecular flexibility index (Phi) is 4.36. The highest BCUT2D eigenvalue weighted by Gasteiger charge is 1.95. The van der Waals surface area contributed by atoms with Crippen LogP contribution in [0.25, 0.3) is 6.08 Å². The van der Waals surface area contributed by atoms with E-state index in [4.69, 9.17) is 16.3 Å². The summed E-state index contributed by atoms with van der Waals surface area (Å²) in [7, 11) is 1.70. The lowest BCUT2D eigenvalue weighted by molar-refractivity contribution is 0.187. The van der Waals surface area contributed by atoms with Gasteiger partial charge in [0, 0.05) is 17.9 Å². The summed E-state index contributed by atoms with van der Waals surface area (Å²) in [5.41, 5.74) is 1.20. The molecule has 3 heteroatoms. The molecule has 0 aliphatic heterocycles. The summed E-state index contributed by atoms with van der Waals surface area (Å²) >= 11 is 7.22. The van der Waals surface area contributed by atoms with Gasteiger partial charge in [-0.3, -0.25) is 0 Å². The molecule has 1 aromatic heterocycles. The first kappa shape index (κ1) is 9.78. The van der Waals surface area contributed by atoms with Crippen LogP contribution >= 0.6 is 22.9 Å². The quantitative estimate of drug-likeness (QED) is 0.682. The van der Waals surface area contributed by atoms with Crippen LogP contribution in [0.1, 0.15) is 10.4 Å². The molecule has 0 saturated heterocycles. The minimum absolute atomic E-state index is 0.565. The number of rotatable bonds is 4. The molecular formula is C9H11ClOS. The van der Waals surface area contributed by atoms with E-state index in [9.17, 15) is 0 Å². The van der Waals surface area contributed by atoms with Gasteiger partial charge in [0.15, 0.2) is 0 Å². The summed E-state index contributed by atoms with van der Waals surface area (Å²) in [6.07, 6.45) is 3.95. The van der Waals surface area contributed by atoms with Gasteiger partial charge in [-0.1, -0.05) is 12.2 Å². The number of halogens is 1. The van der Waals surface area contributed by atoms with E-state index in [2.05, 4.69) is 11.4 Å². The Balaban J connectivity index is 2.57. The standard InChI is InChI=1S/C9H11ClOS/c1-11-6-9-5-8(7-12-9)3-2-4-10/h2-3,5,7H,4,6H2,1H3. The molecule has 0 fully saturated rings. The fraction of sp³-hybridized carbons (Fsp3) is 0.333. The van der Waals surface area contributed by atoms with E-state index < -0.39 is 0 Å². The number of methoxy groups -OCH3 is 1. The molecule has 0 unspecified atom stereocenters. The van der Waals surface area contributed by atoms with Crippen LogP contribution in [0.4, 0.5) is 0 Å². The van der Waals surface area contributed by atoms with Gasteiger partial charge in [0.2, 0.25) is 0 Å². The second-order valence-electron chi connectivity index (χ2n) is 2.34. The van der Waals surface area contributed by atoms with Crippen LogP contribution < -0.4 is 0 Å². The van der Waals surface area contributed by atoms with E-state index in [0.717, 1.165) is 0 Å². The Hall–Kier alpha value is -0.310. The minimum atomic E-state index is 0.565. The van der Waals surface area contributed by atoms with Crippen molar-refractivity contribution in [2.24, 2.45) is 0 Å². The van der Waals surface area contributed by atoms with E-state index in [-0.39, 0.29) is 0 Å². The van der Waals surface area contributed by atoms with Crippen LogP contribution in [0.2, 0.25) is 0 Å². The van der Waals surface area contributed by atoms with Crippen LogP contribution in [0.3, 0.4) is 0 Å². The van der Waals surface area contributed by atoms with Crippen molar-refractivity contribution >= 4 is 29.0 Å². The van der Waals surface area contributed by atoms with Gasteiger partial charge in [0.05, 0.1) is 6.61 Å². The van der Waals surface area contributed by atoms with Crippen molar-refractivity contribution in [1.82, 2.24) is 0 Å². The second-order valence-corrected chi connectivity index (χ2v) is 3.64. The predicted octanol–water partition coefficient (Wildman–Crippen LogP) is 3.15. The van der Waals surface area contributed by atoms with Gasteiger partial charge in [-0.15, -0.1) is 22.9 Å². The Morgan fingerprint density at radius 1 is 1.67 bits per heavy atom. The number of thiophene rings is 1. The molecule has 0 aliphatic rings. The molecule has 0 aliphatic carbocycles. The van der Waals surface area contributed by atoms with Crippen LogP contribution in [0.5, 0.6) is 0 Å². The average Bonchev–Trinajstić information content (AvgIpc) is 2.50. The Morgan fingerprint density at radius 2 is 2.50 bits per heavy atom. The molecule has 1 heterocycles. The zero-order valence-electron chi connectivity index (χ0n) is 6.92. The topological polar surface area (TPSA) is 9.23 Å². The highest BCUT2D eigenvalue weighted by molar-refractivity contribution is 7.10. The average molecular weight is 203 g/mol. The van der Waals surface area contributed by atoms with Gasteiger partial charge >= 0.3 is 0 Å². The normalized spacial score (nSPS) is 11.2. The van der Waals surface area contributed by atoms with Crippen molar-refractivity contribution in [3.63, 3.8) is 0 Å². The fourth-order valence-electron chi connectivity index (χ4n) is 0.884. The molecule has 0 radical (unpaired) electrons. The number of allylic oxidation sites excluding steroid dienone is 1. The lowest BCUT2D eigenvalue weighted by atomic mass is 10.3. The van der Waals surface area contributed by atoms with Crippen LogP contribution in [-0.4, -0.2) is 13.0 Å².